The molecule has 2 aromatic heterocycles. The van der Waals surface area contributed by atoms with Crippen LogP contribution in [0, 0.1) is 0 Å². The molecule has 0 bridgehead atoms. The Bertz CT molecular complexity index is 610. The number of amides is 1. The largest absolute Gasteiger partial charge is 0.383 e. The minimum atomic E-state index is -0.247. The van der Waals surface area contributed by atoms with E-state index in [0.717, 1.165) is 17.8 Å². The van der Waals surface area contributed by atoms with Crippen LogP contribution in [0.15, 0.2) is 11.7 Å². The second-order valence-electron chi connectivity index (χ2n) is 4.95. The molecule has 0 aromatic carbocycles. The Morgan fingerprint density at radius 1 is 1.55 bits per heavy atom. The van der Waals surface area contributed by atoms with Crippen LogP contribution in [-0.4, -0.2) is 39.4 Å². The van der Waals surface area contributed by atoms with Crippen LogP contribution in [0.2, 0.25) is 0 Å². The maximum atomic E-state index is 12.2. The molecular weight excluding hydrogens is 302 g/mol. The van der Waals surface area contributed by atoms with Crippen LogP contribution < -0.4 is 5.32 Å². The van der Waals surface area contributed by atoms with Crippen molar-refractivity contribution < 1.29 is 9.53 Å². The number of aromatic nitrogens is 4. The highest BCUT2D eigenvalue weighted by atomic mass is 32.1. The summed E-state index contributed by atoms with van der Waals surface area (Å²) in [7, 11) is 1.64. The fraction of sp³-hybridized carbons (Fsp3) is 0.571. The molecule has 1 atom stereocenters. The zero-order chi connectivity index (χ0) is 15.9. The van der Waals surface area contributed by atoms with Gasteiger partial charge in [0.15, 0.2) is 5.82 Å². The molecule has 22 heavy (non-hydrogen) atoms. The summed E-state index contributed by atoms with van der Waals surface area (Å²) >= 11 is 1.52. The number of ether oxygens (including phenoxy) is 1. The van der Waals surface area contributed by atoms with Crippen molar-refractivity contribution in [3.05, 3.63) is 28.2 Å². The predicted octanol–water partition coefficient (Wildman–Crippen LogP) is 1.82. The molecule has 2 rings (SSSR count). The number of nitrogens with one attached hydrogen (secondary N) is 1. The fourth-order valence-electron chi connectivity index (χ4n) is 2.04. The summed E-state index contributed by atoms with van der Waals surface area (Å²) in [4.78, 5) is 16.6. The fourth-order valence-corrected chi connectivity index (χ4v) is 2.92. The van der Waals surface area contributed by atoms with Crippen molar-refractivity contribution in [1.29, 1.82) is 0 Å². The quantitative estimate of drug-likeness (QED) is 0.801. The van der Waals surface area contributed by atoms with Gasteiger partial charge in [0, 0.05) is 19.0 Å². The summed E-state index contributed by atoms with van der Waals surface area (Å²) in [5.41, 5.74) is 0.461. The number of thiazole rings is 1. The van der Waals surface area contributed by atoms with Crippen molar-refractivity contribution in [3.8, 4) is 0 Å². The second-order valence-corrected chi connectivity index (χ2v) is 5.89. The first-order valence-electron chi connectivity index (χ1n) is 7.27. The molecule has 0 radical (unpaired) electrons. The van der Waals surface area contributed by atoms with E-state index < -0.39 is 0 Å². The van der Waals surface area contributed by atoms with Crippen LogP contribution >= 0.6 is 11.3 Å². The third kappa shape index (κ3) is 4.11. The zero-order valence-electron chi connectivity index (χ0n) is 13.1. The van der Waals surface area contributed by atoms with Crippen LogP contribution in [0.4, 0.5) is 0 Å². The van der Waals surface area contributed by atoms with Gasteiger partial charge in [-0.2, -0.15) is 0 Å². The summed E-state index contributed by atoms with van der Waals surface area (Å²) in [5, 5.41) is 13.7. The summed E-state index contributed by atoms with van der Waals surface area (Å²) in [5.74, 6) is 0.516. The number of rotatable bonds is 8. The molecule has 7 nitrogen and oxygen atoms in total. The van der Waals surface area contributed by atoms with E-state index in [1.807, 2.05) is 11.5 Å². The van der Waals surface area contributed by atoms with E-state index in [-0.39, 0.29) is 11.9 Å². The van der Waals surface area contributed by atoms with Crippen molar-refractivity contribution in [2.75, 3.05) is 13.7 Å². The Morgan fingerprint density at radius 3 is 3.09 bits per heavy atom. The molecule has 0 aliphatic carbocycles. The molecule has 1 unspecified atom stereocenters. The molecule has 0 aliphatic heterocycles. The van der Waals surface area contributed by atoms with Crippen LogP contribution in [0.3, 0.4) is 0 Å². The van der Waals surface area contributed by atoms with Gasteiger partial charge in [0.1, 0.15) is 12.0 Å². The number of aryl methyl sites for hydroxylation is 1. The molecule has 0 spiro atoms. The number of hydrogen-bond donors (Lipinski definition) is 1. The minimum Gasteiger partial charge on any atom is -0.383 e. The van der Waals surface area contributed by atoms with Gasteiger partial charge in [-0.15, -0.1) is 21.5 Å². The van der Waals surface area contributed by atoms with E-state index in [1.165, 1.54) is 11.3 Å². The van der Waals surface area contributed by atoms with Crippen molar-refractivity contribution >= 4 is 17.2 Å². The second kappa shape index (κ2) is 8.00. The van der Waals surface area contributed by atoms with Gasteiger partial charge in [0.25, 0.3) is 5.91 Å². The Morgan fingerprint density at radius 2 is 2.36 bits per heavy atom. The average molecular weight is 323 g/mol. The maximum Gasteiger partial charge on any atom is 0.271 e. The number of hydrogen-bond acceptors (Lipinski definition) is 6. The lowest BCUT2D eigenvalue weighted by molar-refractivity contribution is 0.0932. The molecule has 2 heterocycles. The summed E-state index contributed by atoms with van der Waals surface area (Å²) in [6.45, 7) is 5.19. The molecular formula is C14H21N5O2S. The molecule has 0 aliphatic rings. The van der Waals surface area contributed by atoms with E-state index >= 15 is 0 Å². The lowest BCUT2D eigenvalue weighted by Crippen LogP contribution is -2.29. The van der Waals surface area contributed by atoms with Crippen molar-refractivity contribution in [3.63, 3.8) is 0 Å². The molecule has 120 valence electrons. The maximum absolute atomic E-state index is 12.2. The van der Waals surface area contributed by atoms with E-state index in [1.54, 1.807) is 18.8 Å². The molecule has 0 fully saturated rings. The van der Waals surface area contributed by atoms with E-state index in [0.29, 0.717) is 24.7 Å². The van der Waals surface area contributed by atoms with Crippen LogP contribution in [0.5, 0.6) is 0 Å². The highest BCUT2D eigenvalue weighted by Crippen LogP contribution is 2.14. The van der Waals surface area contributed by atoms with Gasteiger partial charge in [-0.1, -0.05) is 6.92 Å². The topological polar surface area (TPSA) is 81.9 Å². The van der Waals surface area contributed by atoms with Gasteiger partial charge >= 0.3 is 0 Å². The third-order valence-electron chi connectivity index (χ3n) is 3.16. The highest BCUT2D eigenvalue weighted by Gasteiger charge is 2.18. The molecule has 0 saturated heterocycles. The van der Waals surface area contributed by atoms with Gasteiger partial charge in [0.2, 0.25) is 0 Å². The van der Waals surface area contributed by atoms with Crippen molar-refractivity contribution in [2.24, 2.45) is 0 Å². The number of carbonyl (C=O) groups excluding carboxylic acids is 1. The first-order valence-corrected chi connectivity index (χ1v) is 8.15. The lowest BCUT2D eigenvalue weighted by atomic mass is 10.3. The summed E-state index contributed by atoms with van der Waals surface area (Å²) in [6, 6.07) is -0.247. The lowest BCUT2D eigenvalue weighted by Gasteiger charge is -2.13. The monoisotopic (exact) mass is 323 g/mol. The van der Waals surface area contributed by atoms with Crippen LogP contribution in [0.1, 0.15) is 47.6 Å². The zero-order valence-corrected chi connectivity index (χ0v) is 13.9. The molecule has 8 heteroatoms. The molecule has 0 saturated carbocycles. The van der Waals surface area contributed by atoms with E-state index in [4.69, 9.17) is 4.74 Å². The molecule has 1 N–H and O–H groups in total. The first kappa shape index (κ1) is 16.6. The van der Waals surface area contributed by atoms with Crippen molar-refractivity contribution in [2.45, 2.75) is 39.3 Å². The van der Waals surface area contributed by atoms with Crippen LogP contribution in [0.25, 0.3) is 0 Å². The Labute approximate surface area is 133 Å². The summed E-state index contributed by atoms with van der Waals surface area (Å²) < 4.78 is 6.93. The minimum absolute atomic E-state index is 0.188. The van der Waals surface area contributed by atoms with Gasteiger partial charge in [-0.3, -0.25) is 4.79 Å². The normalized spacial score (nSPS) is 12.3. The number of nitrogens with zero attached hydrogens (tertiary/aromatic N) is 4. The van der Waals surface area contributed by atoms with Crippen LogP contribution in [-0.2, 0) is 17.7 Å². The number of carbonyl (C=O) groups is 1. The van der Waals surface area contributed by atoms with Crippen molar-refractivity contribution in [1.82, 2.24) is 25.1 Å². The first-order chi connectivity index (χ1) is 10.7. The van der Waals surface area contributed by atoms with E-state index in [9.17, 15) is 4.79 Å². The smallest absolute Gasteiger partial charge is 0.271 e. The molecule has 2 aromatic rings. The Kier molecular flexibility index (Phi) is 6.02. The van der Waals surface area contributed by atoms with Gasteiger partial charge in [0.05, 0.1) is 17.7 Å². The Hall–Kier alpha value is -1.80. The standard InChI is InChI=1S/C14H21N5O2S/c1-4-5-12-17-11(8-22-12)14(20)16-10(2)13-18-15-9-19(13)6-7-21-3/h8-10H,4-7H2,1-3H3,(H,16,20). The Balaban J connectivity index is 1.99. The van der Waals surface area contributed by atoms with Gasteiger partial charge in [-0.25, -0.2) is 4.98 Å². The number of methoxy groups -OCH3 is 1. The predicted molar refractivity (Wildman–Crippen MR) is 83.9 cm³/mol. The highest BCUT2D eigenvalue weighted by molar-refractivity contribution is 7.09. The SMILES string of the molecule is CCCc1nc(C(=O)NC(C)c2nncn2CCOC)cs1. The average Bonchev–Trinajstić information content (AvgIpc) is 3.14. The van der Waals surface area contributed by atoms with Gasteiger partial charge < -0.3 is 14.6 Å². The molecule has 1 amide bonds. The summed E-state index contributed by atoms with van der Waals surface area (Å²) in [6.07, 6.45) is 3.56. The van der Waals surface area contributed by atoms with Gasteiger partial charge in [-0.05, 0) is 19.8 Å². The third-order valence-corrected chi connectivity index (χ3v) is 4.07. The van der Waals surface area contributed by atoms with E-state index in [2.05, 4.69) is 27.4 Å².